The molecule has 0 aromatic heterocycles. The number of esters is 1. The Morgan fingerprint density at radius 1 is 1.26 bits per heavy atom. The van der Waals surface area contributed by atoms with Gasteiger partial charge in [-0.15, -0.1) is 0 Å². The van der Waals surface area contributed by atoms with Gasteiger partial charge in [0.15, 0.2) is 5.78 Å². The van der Waals surface area contributed by atoms with E-state index in [1.807, 2.05) is 0 Å². The fourth-order valence-electron chi connectivity index (χ4n) is 2.99. The Morgan fingerprint density at radius 3 is 2.58 bits per heavy atom. The van der Waals surface area contributed by atoms with Crippen molar-refractivity contribution in [3.63, 3.8) is 0 Å². The molecule has 19 heavy (non-hydrogen) atoms. The summed E-state index contributed by atoms with van der Waals surface area (Å²) >= 11 is 0. The minimum Gasteiger partial charge on any atom is -0.468 e. The maximum absolute atomic E-state index is 12.1. The van der Waals surface area contributed by atoms with Crippen molar-refractivity contribution in [1.29, 1.82) is 0 Å². The van der Waals surface area contributed by atoms with Gasteiger partial charge in [0, 0.05) is 13.0 Å². The first-order chi connectivity index (χ1) is 9.11. The molecule has 2 rings (SSSR count). The number of Topliss-reactive ketones (excluding diaryl/α,β-unsaturated/α-hetero) is 1. The van der Waals surface area contributed by atoms with Crippen molar-refractivity contribution in [2.45, 2.75) is 38.5 Å². The fraction of sp³-hybridized carbons (Fsp3) is 0.786. The monoisotopic (exact) mass is 267 g/mol. The zero-order valence-electron chi connectivity index (χ0n) is 11.4. The molecule has 0 aromatic rings. The highest BCUT2D eigenvalue weighted by Gasteiger charge is 2.39. The van der Waals surface area contributed by atoms with Crippen LogP contribution in [0.5, 0.6) is 0 Å². The van der Waals surface area contributed by atoms with E-state index in [0.29, 0.717) is 12.3 Å². The third kappa shape index (κ3) is 3.33. The van der Waals surface area contributed by atoms with E-state index in [1.54, 1.807) is 0 Å². The molecule has 1 saturated heterocycles. The third-order valence-electron chi connectivity index (χ3n) is 4.16. The van der Waals surface area contributed by atoms with E-state index in [0.717, 1.165) is 12.8 Å². The van der Waals surface area contributed by atoms with Gasteiger partial charge in [-0.05, 0) is 18.8 Å². The number of methoxy groups -OCH3 is 1. The zero-order valence-corrected chi connectivity index (χ0v) is 11.4. The normalized spacial score (nSPS) is 24.6. The second kappa shape index (κ2) is 6.17. The lowest BCUT2D eigenvalue weighted by molar-refractivity contribution is -0.147. The second-order valence-corrected chi connectivity index (χ2v) is 5.52. The minimum atomic E-state index is -0.777. The van der Waals surface area contributed by atoms with Crippen molar-refractivity contribution in [3.05, 3.63) is 0 Å². The van der Waals surface area contributed by atoms with Crippen LogP contribution in [0, 0.1) is 11.8 Å². The van der Waals surface area contributed by atoms with Crippen LogP contribution < -0.4 is 0 Å². The first kappa shape index (κ1) is 14.0. The topological polar surface area (TPSA) is 63.7 Å². The second-order valence-electron chi connectivity index (χ2n) is 5.52. The van der Waals surface area contributed by atoms with Crippen LogP contribution in [0.1, 0.15) is 38.5 Å². The van der Waals surface area contributed by atoms with Crippen LogP contribution in [0.4, 0.5) is 0 Å². The first-order valence-corrected chi connectivity index (χ1v) is 7.00. The maximum atomic E-state index is 12.1. The van der Waals surface area contributed by atoms with Crippen LogP contribution in [0.3, 0.4) is 0 Å². The summed E-state index contributed by atoms with van der Waals surface area (Å²) < 4.78 is 4.58. The lowest BCUT2D eigenvalue weighted by atomic mass is 9.87. The lowest BCUT2D eigenvalue weighted by Gasteiger charge is -2.23. The van der Waals surface area contributed by atoms with Gasteiger partial charge in [0.1, 0.15) is 5.92 Å². The van der Waals surface area contributed by atoms with E-state index in [2.05, 4.69) is 4.74 Å². The molecular formula is C14H21NO4. The molecule has 2 fully saturated rings. The van der Waals surface area contributed by atoms with E-state index in [4.69, 9.17) is 0 Å². The van der Waals surface area contributed by atoms with E-state index >= 15 is 0 Å². The first-order valence-electron chi connectivity index (χ1n) is 7.00. The summed E-state index contributed by atoms with van der Waals surface area (Å²) in [6.45, 7) is 0.252. The molecule has 1 heterocycles. The molecule has 1 atom stereocenters. The number of likely N-dealkylation sites (tertiary alicyclic amines) is 1. The van der Waals surface area contributed by atoms with Crippen LogP contribution >= 0.6 is 0 Å². The van der Waals surface area contributed by atoms with Crippen LogP contribution in [0.2, 0.25) is 0 Å². The smallest absolute Gasteiger partial charge is 0.318 e. The van der Waals surface area contributed by atoms with Crippen LogP contribution in [0.15, 0.2) is 0 Å². The molecule has 5 heteroatoms. The Hall–Kier alpha value is -1.39. The predicted octanol–water partition coefficient (Wildman–Crippen LogP) is 1.16. The quantitative estimate of drug-likeness (QED) is 0.568. The standard InChI is InChI=1S/C14H21NO4/c1-19-14(18)11-8-15(9-12(11)16)13(17)7-10-5-3-2-4-6-10/h10-11H,2-9H2,1H3. The molecule has 0 N–H and O–H groups in total. The molecule has 106 valence electrons. The fourth-order valence-corrected chi connectivity index (χ4v) is 2.99. The van der Waals surface area contributed by atoms with Crippen molar-refractivity contribution < 1.29 is 19.1 Å². The number of carbonyl (C=O) groups is 3. The van der Waals surface area contributed by atoms with Crippen molar-refractivity contribution in [3.8, 4) is 0 Å². The summed E-state index contributed by atoms with van der Waals surface area (Å²) in [6.07, 6.45) is 6.38. The van der Waals surface area contributed by atoms with Gasteiger partial charge in [0.25, 0.3) is 0 Å². The molecule has 1 aliphatic carbocycles. The largest absolute Gasteiger partial charge is 0.468 e. The highest BCUT2D eigenvalue weighted by Crippen LogP contribution is 2.27. The average Bonchev–Trinajstić information content (AvgIpc) is 2.81. The van der Waals surface area contributed by atoms with Crippen molar-refractivity contribution in [1.82, 2.24) is 4.90 Å². The number of hydrogen-bond donors (Lipinski definition) is 0. The van der Waals surface area contributed by atoms with Crippen molar-refractivity contribution >= 4 is 17.7 Å². The Bertz CT molecular complexity index is 374. The van der Waals surface area contributed by atoms with E-state index in [1.165, 1.54) is 31.3 Å². The highest BCUT2D eigenvalue weighted by atomic mass is 16.5. The van der Waals surface area contributed by atoms with Gasteiger partial charge in [0.05, 0.1) is 13.7 Å². The van der Waals surface area contributed by atoms with Gasteiger partial charge in [0.2, 0.25) is 5.91 Å². The number of ketones is 1. The summed E-state index contributed by atoms with van der Waals surface area (Å²) in [7, 11) is 1.27. The molecule has 5 nitrogen and oxygen atoms in total. The van der Waals surface area contributed by atoms with E-state index < -0.39 is 11.9 Å². The Kier molecular flexibility index (Phi) is 4.56. The lowest BCUT2D eigenvalue weighted by Crippen LogP contribution is -2.31. The number of amides is 1. The summed E-state index contributed by atoms with van der Waals surface area (Å²) in [5, 5.41) is 0. The zero-order chi connectivity index (χ0) is 13.8. The number of carbonyl (C=O) groups excluding carboxylic acids is 3. The van der Waals surface area contributed by atoms with E-state index in [-0.39, 0.29) is 24.8 Å². The molecular weight excluding hydrogens is 246 g/mol. The molecule has 0 bridgehead atoms. The van der Waals surface area contributed by atoms with Gasteiger partial charge in [-0.25, -0.2) is 0 Å². The molecule has 1 amide bonds. The molecule has 0 radical (unpaired) electrons. The Morgan fingerprint density at radius 2 is 1.95 bits per heavy atom. The van der Waals surface area contributed by atoms with Gasteiger partial charge in [-0.2, -0.15) is 0 Å². The minimum absolute atomic E-state index is 0.00616. The van der Waals surface area contributed by atoms with Crippen molar-refractivity contribution in [2.75, 3.05) is 20.2 Å². The van der Waals surface area contributed by atoms with Gasteiger partial charge < -0.3 is 9.64 Å². The van der Waals surface area contributed by atoms with Crippen LogP contribution in [-0.4, -0.2) is 42.8 Å². The Labute approximate surface area is 113 Å². The highest BCUT2D eigenvalue weighted by molar-refractivity contribution is 6.03. The molecule has 1 aliphatic heterocycles. The SMILES string of the molecule is COC(=O)C1CN(C(=O)CC2CCCCC2)CC1=O. The number of ether oxygens (including phenoxy) is 1. The maximum Gasteiger partial charge on any atom is 0.318 e. The molecule has 1 saturated carbocycles. The predicted molar refractivity (Wildman–Crippen MR) is 68.3 cm³/mol. The summed E-state index contributed by atoms with van der Waals surface area (Å²) in [5.41, 5.74) is 0. The van der Waals surface area contributed by atoms with Crippen LogP contribution in [0.25, 0.3) is 0 Å². The summed E-state index contributed by atoms with van der Waals surface area (Å²) in [5.74, 6) is -1.05. The average molecular weight is 267 g/mol. The summed E-state index contributed by atoms with van der Waals surface area (Å²) in [6, 6.07) is 0. The van der Waals surface area contributed by atoms with Gasteiger partial charge >= 0.3 is 5.97 Å². The summed E-state index contributed by atoms with van der Waals surface area (Å²) in [4.78, 5) is 36.7. The third-order valence-corrected chi connectivity index (χ3v) is 4.16. The van der Waals surface area contributed by atoms with Crippen LogP contribution in [-0.2, 0) is 19.1 Å². The number of rotatable bonds is 3. The Balaban J connectivity index is 1.87. The number of nitrogens with zero attached hydrogens (tertiary/aromatic N) is 1. The van der Waals surface area contributed by atoms with Gasteiger partial charge in [-0.1, -0.05) is 19.3 Å². The van der Waals surface area contributed by atoms with E-state index in [9.17, 15) is 14.4 Å². The van der Waals surface area contributed by atoms with Crippen molar-refractivity contribution in [2.24, 2.45) is 11.8 Å². The molecule has 2 aliphatic rings. The molecule has 0 spiro atoms. The van der Waals surface area contributed by atoms with Gasteiger partial charge in [-0.3, -0.25) is 14.4 Å². The molecule has 0 aromatic carbocycles. The molecule has 1 unspecified atom stereocenters. The number of hydrogen-bond acceptors (Lipinski definition) is 4.